The Balaban J connectivity index is 2.08. The summed E-state index contributed by atoms with van der Waals surface area (Å²) in [5, 5.41) is 1.14. The summed E-state index contributed by atoms with van der Waals surface area (Å²) in [4.78, 5) is 9.09. The van der Waals surface area contributed by atoms with E-state index in [9.17, 15) is 0 Å². The van der Waals surface area contributed by atoms with Gasteiger partial charge < -0.3 is 0 Å². The van der Waals surface area contributed by atoms with Gasteiger partial charge in [0.2, 0.25) is 0 Å². The molecule has 20 heavy (non-hydrogen) atoms. The zero-order valence-electron chi connectivity index (χ0n) is 10.7. The minimum absolute atomic E-state index is 0.469. The maximum atomic E-state index is 6.26. The summed E-state index contributed by atoms with van der Waals surface area (Å²) in [7, 11) is 0. The van der Waals surface area contributed by atoms with Gasteiger partial charge in [0.15, 0.2) is 5.82 Å². The molecular formula is C15H13BrCl2N2. The predicted octanol–water partition coefficient (Wildman–Crippen LogP) is 5.87. The van der Waals surface area contributed by atoms with Crippen LogP contribution in [0.5, 0.6) is 0 Å². The number of hydrogen-bond donors (Lipinski definition) is 0. The maximum absolute atomic E-state index is 6.26. The first-order chi connectivity index (χ1) is 9.65. The Morgan fingerprint density at radius 1 is 1.10 bits per heavy atom. The Morgan fingerprint density at radius 3 is 2.55 bits per heavy atom. The largest absolute Gasteiger partial charge is 0.231 e. The van der Waals surface area contributed by atoms with E-state index >= 15 is 0 Å². The number of benzene rings is 1. The first kappa shape index (κ1) is 14.3. The molecule has 1 aromatic carbocycles. The molecule has 2 nitrogen and oxygen atoms in total. The van der Waals surface area contributed by atoms with E-state index < -0.39 is 0 Å². The van der Waals surface area contributed by atoms with E-state index in [2.05, 4.69) is 20.9 Å². The van der Waals surface area contributed by atoms with E-state index in [1.807, 2.05) is 24.3 Å². The lowest BCUT2D eigenvalue weighted by Gasteiger charge is -2.13. The standard InChI is InChI=1S/C15H13BrCl2N2/c16-12-13(9-4-1-2-5-9)19-15(20-14(12)18)10-6-3-7-11(17)8-10/h3,6-9H,1-2,4-5H2. The summed E-state index contributed by atoms with van der Waals surface area (Å²) in [6.07, 6.45) is 4.85. The van der Waals surface area contributed by atoms with E-state index in [-0.39, 0.29) is 0 Å². The maximum Gasteiger partial charge on any atom is 0.161 e. The second-order valence-corrected chi connectivity index (χ2v) is 6.62. The molecule has 1 fully saturated rings. The second-order valence-electron chi connectivity index (χ2n) is 5.03. The zero-order chi connectivity index (χ0) is 14.1. The monoisotopic (exact) mass is 370 g/mol. The molecule has 104 valence electrons. The highest BCUT2D eigenvalue weighted by Gasteiger charge is 2.23. The Kier molecular flexibility index (Phi) is 4.29. The van der Waals surface area contributed by atoms with Crippen molar-refractivity contribution in [2.24, 2.45) is 0 Å². The second kappa shape index (κ2) is 6.00. The molecule has 0 saturated heterocycles. The van der Waals surface area contributed by atoms with Crippen LogP contribution in [0.2, 0.25) is 10.2 Å². The Hall–Kier alpha value is -0.640. The van der Waals surface area contributed by atoms with Crippen molar-refractivity contribution in [2.45, 2.75) is 31.6 Å². The van der Waals surface area contributed by atoms with Crippen molar-refractivity contribution < 1.29 is 0 Å². The quantitative estimate of drug-likeness (QED) is 0.617. The molecule has 2 aromatic rings. The average molecular weight is 372 g/mol. The van der Waals surface area contributed by atoms with Gasteiger partial charge in [-0.3, -0.25) is 0 Å². The van der Waals surface area contributed by atoms with Crippen LogP contribution in [0, 0.1) is 0 Å². The van der Waals surface area contributed by atoms with Gasteiger partial charge in [-0.05, 0) is 40.9 Å². The molecule has 0 aliphatic heterocycles. The molecule has 1 aliphatic rings. The fourth-order valence-electron chi connectivity index (χ4n) is 2.66. The molecule has 1 aliphatic carbocycles. The third-order valence-electron chi connectivity index (χ3n) is 3.66. The van der Waals surface area contributed by atoms with Crippen LogP contribution in [-0.2, 0) is 0 Å². The normalized spacial score (nSPS) is 15.8. The summed E-state index contributed by atoms with van der Waals surface area (Å²) in [5.41, 5.74) is 1.92. The average Bonchev–Trinajstić information content (AvgIpc) is 2.95. The topological polar surface area (TPSA) is 25.8 Å². The number of hydrogen-bond acceptors (Lipinski definition) is 2. The Morgan fingerprint density at radius 2 is 1.85 bits per heavy atom. The summed E-state index contributed by atoms with van der Waals surface area (Å²) < 4.78 is 0.830. The number of nitrogens with zero attached hydrogens (tertiary/aromatic N) is 2. The Bertz CT molecular complexity index is 640. The summed E-state index contributed by atoms with van der Waals surface area (Å²) in [6.45, 7) is 0. The summed E-state index contributed by atoms with van der Waals surface area (Å²) in [5.74, 6) is 1.12. The van der Waals surface area contributed by atoms with Crippen LogP contribution in [0.3, 0.4) is 0 Å². The van der Waals surface area contributed by atoms with Crippen molar-refractivity contribution in [2.75, 3.05) is 0 Å². The summed E-state index contributed by atoms with van der Waals surface area (Å²) >= 11 is 15.8. The zero-order valence-corrected chi connectivity index (χ0v) is 13.8. The van der Waals surface area contributed by atoms with Crippen LogP contribution < -0.4 is 0 Å². The molecule has 3 rings (SSSR count). The van der Waals surface area contributed by atoms with Gasteiger partial charge in [-0.1, -0.05) is 48.2 Å². The lowest BCUT2D eigenvalue weighted by Crippen LogP contribution is -2.02. The van der Waals surface area contributed by atoms with Crippen LogP contribution in [0.1, 0.15) is 37.3 Å². The minimum atomic E-state index is 0.469. The predicted molar refractivity (Wildman–Crippen MR) is 86.4 cm³/mol. The van der Waals surface area contributed by atoms with Gasteiger partial charge in [-0.25, -0.2) is 9.97 Å². The fourth-order valence-corrected chi connectivity index (χ4v) is 3.53. The highest BCUT2D eigenvalue weighted by molar-refractivity contribution is 9.10. The van der Waals surface area contributed by atoms with Gasteiger partial charge >= 0.3 is 0 Å². The molecule has 0 bridgehead atoms. The smallest absolute Gasteiger partial charge is 0.161 e. The van der Waals surface area contributed by atoms with Crippen molar-refractivity contribution in [3.63, 3.8) is 0 Å². The number of aromatic nitrogens is 2. The van der Waals surface area contributed by atoms with E-state index in [4.69, 9.17) is 28.2 Å². The lowest BCUT2D eigenvalue weighted by atomic mass is 10.0. The van der Waals surface area contributed by atoms with Crippen LogP contribution in [-0.4, -0.2) is 9.97 Å². The molecule has 0 spiro atoms. The van der Waals surface area contributed by atoms with Gasteiger partial charge in [0.25, 0.3) is 0 Å². The third-order valence-corrected chi connectivity index (χ3v) is 5.18. The molecule has 0 radical (unpaired) electrons. The molecule has 1 saturated carbocycles. The van der Waals surface area contributed by atoms with E-state index in [0.29, 0.717) is 21.9 Å². The minimum Gasteiger partial charge on any atom is -0.231 e. The fraction of sp³-hybridized carbons (Fsp3) is 0.333. The molecular weight excluding hydrogens is 359 g/mol. The van der Waals surface area contributed by atoms with Gasteiger partial charge in [0, 0.05) is 16.5 Å². The van der Waals surface area contributed by atoms with E-state index in [0.717, 1.165) is 15.7 Å². The lowest BCUT2D eigenvalue weighted by molar-refractivity contribution is 0.691. The van der Waals surface area contributed by atoms with Crippen LogP contribution in [0.4, 0.5) is 0 Å². The first-order valence-electron chi connectivity index (χ1n) is 6.64. The molecule has 1 aromatic heterocycles. The number of rotatable bonds is 2. The van der Waals surface area contributed by atoms with Gasteiger partial charge in [0.1, 0.15) is 5.15 Å². The van der Waals surface area contributed by atoms with Gasteiger partial charge in [0.05, 0.1) is 10.2 Å². The SMILES string of the molecule is Clc1cccc(-c2nc(Cl)c(Br)c(C3CCCC3)n2)c1. The number of halogens is 3. The van der Waals surface area contributed by atoms with Crippen molar-refractivity contribution in [1.29, 1.82) is 0 Å². The van der Waals surface area contributed by atoms with Crippen LogP contribution in [0.25, 0.3) is 11.4 Å². The van der Waals surface area contributed by atoms with E-state index in [1.54, 1.807) is 0 Å². The molecule has 5 heteroatoms. The van der Waals surface area contributed by atoms with Crippen molar-refractivity contribution in [3.8, 4) is 11.4 Å². The summed E-state index contributed by atoms with van der Waals surface area (Å²) in [6, 6.07) is 7.54. The van der Waals surface area contributed by atoms with Gasteiger partial charge in [-0.15, -0.1) is 0 Å². The molecule has 0 atom stereocenters. The molecule has 1 heterocycles. The van der Waals surface area contributed by atoms with Gasteiger partial charge in [-0.2, -0.15) is 0 Å². The molecule has 0 N–H and O–H groups in total. The molecule has 0 unspecified atom stereocenters. The highest BCUT2D eigenvalue weighted by Crippen LogP contribution is 2.39. The first-order valence-corrected chi connectivity index (χ1v) is 8.19. The van der Waals surface area contributed by atoms with Crippen molar-refractivity contribution in [3.05, 3.63) is 44.6 Å². The van der Waals surface area contributed by atoms with E-state index in [1.165, 1.54) is 25.7 Å². The molecule has 0 amide bonds. The van der Waals surface area contributed by atoms with Crippen LogP contribution in [0.15, 0.2) is 28.7 Å². The van der Waals surface area contributed by atoms with Crippen molar-refractivity contribution >= 4 is 39.1 Å². The third kappa shape index (κ3) is 2.85. The van der Waals surface area contributed by atoms with Crippen molar-refractivity contribution in [1.82, 2.24) is 9.97 Å². The Labute approximate surface area is 136 Å². The highest BCUT2D eigenvalue weighted by atomic mass is 79.9. The van der Waals surface area contributed by atoms with Crippen LogP contribution >= 0.6 is 39.1 Å².